The zero-order chi connectivity index (χ0) is 40.0. The van der Waals surface area contributed by atoms with Gasteiger partial charge in [0.1, 0.15) is 0 Å². The molecule has 0 spiro atoms. The van der Waals surface area contributed by atoms with E-state index >= 15 is 0 Å². The zero-order valence-corrected chi connectivity index (χ0v) is 36.2. The minimum Gasteiger partial charge on any atom is -0.310 e. The van der Waals surface area contributed by atoms with E-state index in [1.54, 1.807) is 0 Å². The summed E-state index contributed by atoms with van der Waals surface area (Å²) in [4.78, 5) is 2.39. The minimum atomic E-state index is -0.817. The van der Waals surface area contributed by atoms with Gasteiger partial charge in [-0.05, 0) is 135 Å². The molecule has 0 unspecified atom stereocenters. The predicted octanol–water partition coefficient (Wildman–Crippen LogP) is 14.9. The minimum absolute atomic E-state index is 0.00592. The molecule has 0 saturated heterocycles. The maximum absolute atomic E-state index is 2.50. The van der Waals surface area contributed by atoms with E-state index in [1.165, 1.54) is 89.0 Å². The fourth-order valence-electron chi connectivity index (χ4n) is 10.4. The number of rotatable bonds is 11. The quantitative estimate of drug-likeness (QED) is 0.0935. The smallest absolute Gasteiger partial charge is 0.0647 e. The second-order valence-electron chi connectivity index (χ2n) is 16.8. The van der Waals surface area contributed by atoms with E-state index in [2.05, 4.69) is 216 Å². The molecule has 2 heteroatoms. The van der Waals surface area contributed by atoms with Crippen molar-refractivity contribution in [2.24, 2.45) is 0 Å². The molecule has 58 heavy (non-hydrogen) atoms. The molecule has 2 aliphatic carbocycles. The van der Waals surface area contributed by atoms with E-state index in [-0.39, 0.29) is 10.8 Å². The number of anilines is 3. The van der Waals surface area contributed by atoms with Crippen LogP contribution in [0.25, 0.3) is 45.5 Å². The van der Waals surface area contributed by atoms with Crippen molar-refractivity contribution in [3.8, 4) is 33.4 Å². The van der Waals surface area contributed by atoms with Gasteiger partial charge in [0.05, 0.1) is 8.80 Å². The molecule has 0 fully saturated rings. The Balaban J connectivity index is 1.04. The Bertz CT molecular complexity index is 2590. The number of hydrogen-bond acceptors (Lipinski definition) is 1. The van der Waals surface area contributed by atoms with Crippen molar-refractivity contribution in [1.29, 1.82) is 0 Å². The third-order valence-corrected chi connectivity index (χ3v) is 15.6. The maximum atomic E-state index is 2.50. The van der Waals surface area contributed by atoms with Crippen LogP contribution in [0.2, 0.25) is 13.1 Å². The molecule has 7 aromatic rings. The summed E-state index contributed by atoms with van der Waals surface area (Å²) in [6.45, 7) is 14.3. The van der Waals surface area contributed by atoms with Crippen LogP contribution in [-0.2, 0) is 10.8 Å². The van der Waals surface area contributed by atoms with E-state index < -0.39 is 8.80 Å². The van der Waals surface area contributed by atoms with Gasteiger partial charge < -0.3 is 4.90 Å². The molecule has 0 bridgehead atoms. The highest BCUT2D eigenvalue weighted by Crippen LogP contribution is 2.56. The Labute approximate surface area is 348 Å². The average Bonchev–Trinajstić information content (AvgIpc) is 3.71. The Morgan fingerprint density at radius 1 is 0.414 bits per heavy atom. The van der Waals surface area contributed by atoms with Gasteiger partial charge >= 0.3 is 0 Å². The second kappa shape index (κ2) is 15.2. The Kier molecular flexibility index (Phi) is 9.94. The summed E-state index contributed by atoms with van der Waals surface area (Å²) < 4.78 is 0. The molecule has 0 saturated carbocycles. The van der Waals surface area contributed by atoms with Crippen LogP contribution in [-0.4, -0.2) is 8.80 Å². The lowest BCUT2D eigenvalue weighted by atomic mass is 9.73. The van der Waals surface area contributed by atoms with E-state index in [0.29, 0.717) is 0 Å². The zero-order valence-electron chi connectivity index (χ0n) is 35.0. The third-order valence-electron chi connectivity index (χ3n) is 13.8. The standard InChI is InChI=1S/C56H55NSi/c1-7-55(8-2)51-35-39(23-31-47(51)49-33-27-42(37-53(49)55)41-25-29-46(30-26-41)58(5)6)21-22-40-24-32-48-50-34-28-45(38-54(50)56(9-3,10-4)52(48)36-40)57(43-17-13-11-14-18-43)44-19-15-12-16-20-44/h11-38,58H,7-10H2,1-6H3/b22-21+. The van der Waals surface area contributed by atoms with Crippen LogP contribution >= 0.6 is 0 Å². The summed E-state index contributed by atoms with van der Waals surface area (Å²) >= 11 is 0. The summed E-state index contributed by atoms with van der Waals surface area (Å²) in [5.41, 5.74) is 20.0. The molecule has 0 aromatic heterocycles. The fourth-order valence-corrected chi connectivity index (χ4v) is 11.4. The highest BCUT2D eigenvalue weighted by Gasteiger charge is 2.42. The van der Waals surface area contributed by atoms with Gasteiger partial charge in [-0.1, -0.05) is 173 Å². The van der Waals surface area contributed by atoms with Crippen LogP contribution in [0.5, 0.6) is 0 Å². The van der Waals surface area contributed by atoms with Gasteiger partial charge in [0.2, 0.25) is 0 Å². The molecule has 0 N–H and O–H groups in total. The first-order valence-electron chi connectivity index (χ1n) is 21.6. The highest BCUT2D eigenvalue weighted by molar-refractivity contribution is 6.70. The Hall–Kier alpha value is -5.70. The van der Waals surface area contributed by atoms with Gasteiger partial charge in [-0.2, -0.15) is 0 Å². The monoisotopic (exact) mass is 769 g/mol. The SMILES string of the molecule is CCC1(CC)c2cc(/C=C/c3ccc4c(c3)C(CC)(CC)c3cc(N(c5ccccc5)c5ccccc5)ccc3-4)ccc2-c2ccc(-c3ccc([SiH](C)C)cc3)cc21. The summed E-state index contributed by atoms with van der Waals surface area (Å²) in [7, 11) is -0.817. The second-order valence-corrected chi connectivity index (χ2v) is 19.8. The van der Waals surface area contributed by atoms with Crippen molar-refractivity contribution in [2.75, 3.05) is 4.90 Å². The van der Waals surface area contributed by atoms with Crippen molar-refractivity contribution in [3.63, 3.8) is 0 Å². The molecular weight excluding hydrogens is 715 g/mol. The molecule has 2 aliphatic rings. The molecule has 0 radical (unpaired) electrons. The molecule has 0 atom stereocenters. The predicted molar refractivity (Wildman–Crippen MR) is 254 cm³/mol. The van der Waals surface area contributed by atoms with Crippen LogP contribution in [0, 0.1) is 0 Å². The summed E-state index contributed by atoms with van der Waals surface area (Å²) in [6, 6.07) is 59.6. The lowest BCUT2D eigenvalue weighted by Gasteiger charge is -2.32. The van der Waals surface area contributed by atoms with E-state index in [1.807, 2.05) is 0 Å². The van der Waals surface area contributed by atoms with Crippen LogP contribution in [0.3, 0.4) is 0 Å². The highest BCUT2D eigenvalue weighted by atomic mass is 28.3. The van der Waals surface area contributed by atoms with Gasteiger partial charge in [-0.15, -0.1) is 0 Å². The van der Waals surface area contributed by atoms with Gasteiger partial charge in [-0.25, -0.2) is 0 Å². The first kappa shape index (κ1) is 37.9. The Morgan fingerprint density at radius 2 is 0.828 bits per heavy atom. The summed E-state index contributed by atoms with van der Waals surface area (Å²) in [5.74, 6) is 0. The molecule has 288 valence electrons. The number of benzene rings is 7. The van der Waals surface area contributed by atoms with Gasteiger partial charge in [0.25, 0.3) is 0 Å². The number of hydrogen-bond donors (Lipinski definition) is 0. The fraction of sp³-hybridized carbons (Fsp3) is 0.214. The normalized spacial score (nSPS) is 14.3. The molecule has 0 heterocycles. The summed E-state index contributed by atoms with van der Waals surface area (Å²) in [5, 5.41) is 1.53. The largest absolute Gasteiger partial charge is 0.310 e. The number of nitrogens with zero attached hydrogens (tertiary/aromatic N) is 1. The average molecular weight is 770 g/mol. The topological polar surface area (TPSA) is 3.24 Å². The van der Waals surface area contributed by atoms with E-state index in [4.69, 9.17) is 0 Å². The first-order chi connectivity index (χ1) is 28.3. The van der Waals surface area contributed by atoms with Crippen LogP contribution in [0.1, 0.15) is 86.8 Å². The van der Waals surface area contributed by atoms with Crippen molar-refractivity contribution in [3.05, 3.63) is 191 Å². The molecule has 7 aromatic carbocycles. The molecule has 1 nitrogen and oxygen atoms in total. The van der Waals surface area contributed by atoms with Gasteiger partial charge in [0.15, 0.2) is 0 Å². The van der Waals surface area contributed by atoms with Crippen molar-refractivity contribution >= 4 is 43.2 Å². The van der Waals surface area contributed by atoms with Crippen molar-refractivity contribution in [2.45, 2.75) is 77.3 Å². The lowest BCUT2D eigenvalue weighted by Crippen LogP contribution is -2.23. The van der Waals surface area contributed by atoms with Crippen molar-refractivity contribution < 1.29 is 0 Å². The van der Waals surface area contributed by atoms with Crippen LogP contribution < -0.4 is 10.1 Å². The third kappa shape index (κ3) is 6.12. The number of fused-ring (bicyclic) bond motifs is 6. The van der Waals surface area contributed by atoms with Crippen LogP contribution in [0.15, 0.2) is 158 Å². The molecule has 0 aliphatic heterocycles. The van der Waals surface area contributed by atoms with Crippen LogP contribution in [0.4, 0.5) is 17.1 Å². The Morgan fingerprint density at radius 3 is 1.29 bits per heavy atom. The molecule has 9 rings (SSSR count). The number of para-hydroxylation sites is 2. The summed E-state index contributed by atoms with van der Waals surface area (Å²) in [6.07, 6.45) is 8.92. The van der Waals surface area contributed by atoms with Gasteiger partial charge in [0, 0.05) is 27.9 Å². The lowest BCUT2D eigenvalue weighted by molar-refractivity contribution is 0.490. The maximum Gasteiger partial charge on any atom is 0.0647 e. The van der Waals surface area contributed by atoms with E-state index in [0.717, 1.165) is 25.7 Å². The first-order valence-corrected chi connectivity index (χ1v) is 24.5. The van der Waals surface area contributed by atoms with Crippen molar-refractivity contribution in [1.82, 2.24) is 0 Å². The molecular formula is C56H55NSi. The van der Waals surface area contributed by atoms with E-state index in [9.17, 15) is 0 Å². The van der Waals surface area contributed by atoms with Gasteiger partial charge in [-0.3, -0.25) is 0 Å². The molecule has 0 amide bonds.